The lowest BCUT2D eigenvalue weighted by Crippen LogP contribution is -2.45. The number of aliphatic hydroxyl groups is 2. The summed E-state index contributed by atoms with van der Waals surface area (Å²) in [4.78, 5) is 24.4. The standard InChI is InChI=1S/C55H103NO5/c1-3-5-7-9-11-13-15-17-18-19-20-21-22-24-27-31-35-39-43-47-53(58)52(51-57)56-54(59)48-44-40-36-32-28-25-23-26-30-34-38-42-46-50-61-55(60)49-45-41-37-33-29-16-14-12-10-8-6-4-2/h25,28,36,40,43,47,52-53,57-58H,3-24,26-27,29-35,37-39,41-42,44-46,48-51H2,1-2H3,(H,56,59)/b28-25-,40-36-,47-43+. The SMILES string of the molecule is CCCCCCCCCCCCCCCCCCC/C=C/C(O)C(CO)NC(=O)CC/C=C\C/C=C\CCCCCCCCOC(=O)CCCCCCCCCCCCCC. The molecule has 0 spiro atoms. The zero-order valence-corrected chi connectivity index (χ0v) is 40.6. The molecule has 0 radical (unpaired) electrons. The van der Waals surface area contributed by atoms with Gasteiger partial charge in [-0.15, -0.1) is 0 Å². The van der Waals surface area contributed by atoms with Crippen molar-refractivity contribution in [3.05, 3.63) is 36.5 Å². The lowest BCUT2D eigenvalue weighted by atomic mass is 10.0. The third kappa shape index (κ3) is 47.4. The largest absolute Gasteiger partial charge is 0.466 e. The van der Waals surface area contributed by atoms with Gasteiger partial charge in [0.15, 0.2) is 0 Å². The normalized spacial score (nSPS) is 12.9. The quantitative estimate of drug-likeness (QED) is 0.0322. The number of amides is 1. The Hall–Kier alpha value is -1.92. The molecule has 0 heterocycles. The summed E-state index contributed by atoms with van der Waals surface area (Å²) in [6.07, 6.45) is 61.6. The molecular formula is C55H103NO5. The van der Waals surface area contributed by atoms with Gasteiger partial charge in [0, 0.05) is 12.8 Å². The first-order valence-corrected chi connectivity index (χ1v) is 26.8. The average molecular weight is 858 g/mol. The number of unbranched alkanes of at least 4 members (excludes halogenated alkanes) is 34. The van der Waals surface area contributed by atoms with E-state index in [2.05, 4.69) is 37.4 Å². The van der Waals surface area contributed by atoms with Crippen molar-refractivity contribution in [1.82, 2.24) is 5.32 Å². The maximum atomic E-state index is 12.4. The van der Waals surface area contributed by atoms with Crippen LogP contribution in [0.1, 0.15) is 277 Å². The van der Waals surface area contributed by atoms with Crippen LogP contribution in [-0.2, 0) is 14.3 Å². The summed E-state index contributed by atoms with van der Waals surface area (Å²) < 4.78 is 5.44. The minimum absolute atomic E-state index is 0.0180. The first-order valence-electron chi connectivity index (χ1n) is 26.8. The fourth-order valence-corrected chi connectivity index (χ4v) is 8.04. The number of hydrogen-bond acceptors (Lipinski definition) is 5. The summed E-state index contributed by atoms with van der Waals surface area (Å²) in [5, 5.41) is 23.0. The fraction of sp³-hybridized carbons (Fsp3) is 0.855. The van der Waals surface area contributed by atoms with Crippen molar-refractivity contribution < 1.29 is 24.5 Å². The summed E-state index contributed by atoms with van der Waals surface area (Å²) >= 11 is 0. The maximum absolute atomic E-state index is 12.4. The zero-order chi connectivity index (χ0) is 44.4. The van der Waals surface area contributed by atoms with Gasteiger partial charge in [0.05, 0.1) is 25.4 Å². The second kappa shape index (κ2) is 50.7. The van der Waals surface area contributed by atoms with E-state index in [9.17, 15) is 19.8 Å². The number of carbonyl (C=O) groups is 2. The highest BCUT2D eigenvalue weighted by Crippen LogP contribution is 2.16. The second-order valence-corrected chi connectivity index (χ2v) is 18.2. The number of ether oxygens (including phenoxy) is 1. The Kier molecular flexibility index (Phi) is 49.1. The molecule has 3 N–H and O–H groups in total. The van der Waals surface area contributed by atoms with Crippen LogP contribution >= 0.6 is 0 Å². The number of rotatable bonds is 49. The summed E-state index contributed by atoms with van der Waals surface area (Å²) in [6, 6.07) is -0.672. The number of carbonyl (C=O) groups excluding carboxylic acids is 2. The molecule has 61 heavy (non-hydrogen) atoms. The summed E-state index contributed by atoms with van der Waals surface area (Å²) in [5.74, 6) is -0.165. The van der Waals surface area contributed by atoms with E-state index in [0.717, 1.165) is 51.4 Å². The van der Waals surface area contributed by atoms with Gasteiger partial charge >= 0.3 is 5.97 Å². The molecular weight excluding hydrogens is 755 g/mol. The van der Waals surface area contributed by atoms with Gasteiger partial charge in [0.25, 0.3) is 0 Å². The van der Waals surface area contributed by atoms with Gasteiger partial charge in [-0.2, -0.15) is 0 Å². The fourth-order valence-electron chi connectivity index (χ4n) is 8.04. The number of nitrogens with one attached hydrogen (secondary N) is 1. The van der Waals surface area contributed by atoms with Crippen LogP contribution in [0.4, 0.5) is 0 Å². The van der Waals surface area contributed by atoms with E-state index in [0.29, 0.717) is 25.9 Å². The predicted molar refractivity (Wildman–Crippen MR) is 264 cm³/mol. The molecule has 0 rings (SSSR count). The molecule has 0 aliphatic carbocycles. The van der Waals surface area contributed by atoms with Crippen LogP contribution in [0.25, 0.3) is 0 Å². The van der Waals surface area contributed by atoms with E-state index < -0.39 is 12.1 Å². The minimum Gasteiger partial charge on any atom is -0.466 e. The molecule has 0 aliphatic rings. The van der Waals surface area contributed by atoms with Crippen LogP contribution in [-0.4, -0.2) is 47.4 Å². The van der Waals surface area contributed by atoms with Crippen molar-refractivity contribution in [3.8, 4) is 0 Å². The first-order chi connectivity index (χ1) is 30.0. The first kappa shape index (κ1) is 59.1. The van der Waals surface area contributed by atoms with Gasteiger partial charge in [-0.3, -0.25) is 9.59 Å². The highest BCUT2D eigenvalue weighted by Gasteiger charge is 2.17. The molecule has 0 aromatic heterocycles. The molecule has 2 atom stereocenters. The third-order valence-electron chi connectivity index (χ3n) is 12.2. The summed E-state index contributed by atoms with van der Waals surface area (Å²) in [5.41, 5.74) is 0. The van der Waals surface area contributed by atoms with Crippen LogP contribution < -0.4 is 5.32 Å². The van der Waals surface area contributed by atoms with Gasteiger partial charge < -0.3 is 20.3 Å². The molecule has 0 bridgehead atoms. The van der Waals surface area contributed by atoms with Gasteiger partial charge in [-0.05, 0) is 51.4 Å². The Labute approximate surface area is 379 Å². The summed E-state index contributed by atoms with van der Waals surface area (Å²) in [6.45, 7) is 4.84. The van der Waals surface area contributed by atoms with E-state index in [1.807, 2.05) is 12.2 Å². The Morgan fingerprint density at radius 3 is 1.28 bits per heavy atom. The van der Waals surface area contributed by atoms with E-state index in [4.69, 9.17) is 4.74 Å². The molecule has 358 valence electrons. The Bertz CT molecular complexity index is 993. The molecule has 0 fully saturated rings. The molecule has 0 aliphatic heterocycles. The number of esters is 1. The van der Waals surface area contributed by atoms with Crippen LogP contribution in [0.5, 0.6) is 0 Å². The molecule has 0 aromatic carbocycles. The smallest absolute Gasteiger partial charge is 0.305 e. The Morgan fingerprint density at radius 2 is 0.836 bits per heavy atom. The molecule has 6 heteroatoms. The average Bonchev–Trinajstić information content (AvgIpc) is 3.26. The number of aliphatic hydroxyl groups excluding tert-OH is 2. The van der Waals surface area contributed by atoms with E-state index in [1.165, 1.54) is 193 Å². The lowest BCUT2D eigenvalue weighted by Gasteiger charge is -2.19. The van der Waals surface area contributed by atoms with Crippen molar-refractivity contribution in [2.75, 3.05) is 13.2 Å². The predicted octanol–water partition coefficient (Wildman–Crippen LogP) is 16.1. The molecule has 0 saturated carbocycles. The Balaban J connectivity index is 3.59. The summed E-state index contributed by atoms with van der Waals surface area (Å²) in [7, 11) is 0. The maximum Gasteiger partial charge on any atom is 0.305 e. The van der Waals surface area contributed by atoms with Crippen molar-refractivity contribution >= 4 is 11.9 Å². The highest BCUT2D eigenvalue weighted by atomic mass is 16.5. The van der Waals surface area contributed by atoms with Gasteiger partial charge in [0.2, 0.25) is 5.91 Å². The van der Waals surface area contributed by atoms with Gasteiger partial charge in [-0.25, -0.2) is 0 Å². The van der Waals surface area contributed by atoms with Crippen molar-refractivity contribution in [1.29, 1.82) is 0 Å². The minimum atomic E-state index is -0.879. The molecule has 1 amide bonds. The van der Waals surface area contributed by atoms with E-state index >= 15 is 0 Å². The van der Waals surface area contributed by atoms with E-state index in [-0.39, 0.29) is 18.5 Å². The van der Waals surface area contributed by atoms with Gasteiger partial charge in [-0.1, -0.05) is 249 Å². The Morgan fingerprint density at radius 1 is 0.459 bits per heavy atom. The van der Waals surface area contributed by atoms with Crippen LogP contribution in [0, 0.1) is 0 Å². The van der Waals surface area contributed by atoms with Crippen LogP contribution in [0.15, 0.2) is 36.5 Å². The highest BCUT2D eigenvalue weighted by molar-refractivity contribution is 5.76. The molecule has 0 aromatic rings. The van der Waals surface area contributed by atoms with Crippen LogP contribution in [0.2, 0.25) is 0 Å². The number of hydrogen-bond donors (Lipinski definition) is 3. The second-order valence-electron chi connectivity index (χ2n) is 18.2. The van der Waals surface area contributed by atoms with Crippen LogP contribution in [0.3, 0.4) is 0 Å². The molecule has 2 unspecified atom stereocenters. The lowest BCUT2D eigenvalue weighted by molar-refractivity contribution is -0.143. The number of allylic oxidation sites excluding steroid dienone is 5. The van der Waals surface area contributed by atoms with Crippen molar-refractivity contribution in [2.24, 2.45) is 0 Å². The molecule has 6 nitrogen and oxygen atoms in total. The zero-order valence-electron chi connectivity index (χ0n) is 40.6. The topological polar surface area (TPSA) is 95.9 Å². The van der Waals surface area contributed by atoms with E-state index in [1.54, 1.807) is 6.08 Å². The molecule has 0 saturated heterocycles. The third-order valence-corrected chi connectivity index (χ3v) is 12.2. The monoisotopic (exact) mass is 858 g/mol. The van der Waals surface area contributed by atoms with Gasteiger partial charge in [0.1, 0.15) is 0 Å². The van der Waals surface area contributed by atoms with Crippen molar-refractivity contribution in [3.63, 3.8) is 0 Å². The van der Waals surface area contributed by atoms with Crippen molar-refractivity contribution in [2.45, 2.75) is 289 Å².